The lowest BCUT2D eigenvalue weighted by Gasteiger charge is -2.60. The second-order valence-corrected chi connectivity index (χ2v) is 16.3. The average molecular weight is 843 g/mol. The van der Waals surface area contributed by atoms with Crippen LogP contribution in [0, 0.1) is 17.8 Å². The summed E-state index contributed by atoms with van der Waals surface area (Å²) in [6.45, 7) is 13.3. The first-order valence-corrected chi connectivity index (χ1v) is 22.0. The predicted molar refractivity (Wildman–Crippen MR) is 230 cm³/mol. The average Bonchev–Trinajstić information content (AvgIpc) is 3.76. The maximum absolute atomic E-state index is 14.7. The molecule has 2 aromatic rings. The van der Waals surface area contributed by atoms with Gasteiger partial charge in [-0.15, -0.1) is 13.2 Å². The molecule has 3 heterocycles. The Labute approximate surface area is 359 Å². The van der Waals surface area contributed by atoms with Crippen LogP contribution in [-0.2, 0) is 25.6 Å². The molecule has 61 heavy (non-hydrogen) atoms. The maximum Gasteiger partial charge on any atom is 0.410 e. The molecule has 0 radical (unpaired) electrons. The zero-order chi connectivity index (χ0) is 42.6. The van der Waals surface area contributed by atoms with E-state index in [0.29, 0.717) is 67.6 Å². The van der Waals surface area contributed by atoms with E-state index in [1.54, 1.807) is 23.1 Å². The van der Waals surface area contributed by atoms with Gasteiger partial charge in [-0.05, 0) is 98.2 Å². The summed E-state index contributed by atoms with van der Waals surface area (Å²) in [7, 11) is 0. The number of carbonyl (C=O) groups excluding carboxylic acids is 1. The molecule has 13 heteroatoms. The number of oxime groups is 1. The molecule has 0 bridgehead atoms. The molecular formula is C48H62N2O11. The number of hydrogen-bond acceptors (Lipinski definition) is 12. The molecule has 2 fully saturated rings. The van der Waals surface area contributed by atoms with Crippen LogP contribution in [0.25, 0.3) is 0 Å². The fraction of sp³-hybridized carbons (Fsp3) is 0.542. The number of nitrogens with zero attached hydrogens (tertiary/aromatic N) is 2. The van der Waals surface area contributed by atoms with Gasteiger partial charge in [0.15, 0.2) is 11.5 Å². The number of rotatable bonds is 22. The van der Waals surface area contributed by atoms with Crippen LogP contribution in [0.1, 0.15) is 87.7 Å². The highest BCUT2D eigenvalue weighted by Gasteiger charge is 2.65. The van der Waals surface area contributed by atoms with Gasteiger partial charge >= 0.3 is 6.09 Å². The summed E-state index contributed by atoms with van der Waals surface area (Å²) >= 11 is 0. The molecule has 0 aromatic heterocycles. The molecule has 5 aliphatic rings. The van der Waals surface area contributed by atoms with Gasteiger partial charge in [-0.3, -0.25) is 4.90 Å². The summed E-state index contributed by atoms with van der Waals surface area (Å²) < 4.78 is 44.0. The van der Waals surface area contributed by atoms with Crippen LogP contribution >= 0.6 is 0 Å². The Balaban J connectivity index is 1.44. The van der Waals surface area contributed by atoms with E-state index in [-0.39, 0.29) is 63.9 Å². The number of amides is 1. The first kappa shape index (κ1) is 44.2. The van der Waals surface area contributed by atoms with E-state index >= 15 is 0 Å². The first-order valence-electron chi connectivity index (χ1n) is 22.0. The van der Waals surface area contributed by atoms with Crippen LogP contribution in [0.2, 0.25) is 0 Å². The summed E-state index contributed by atoms with van der Waals surface area (Å²) in [5.41, 5.74) is 3.36. The number of aliphatic hydroxyl groups is 2. The molecule has 1 amide bonds. The molecule has 1 unspecified atom stereocenters. The van der Waals surface area contributed by atoms with Gasteiger partial charge in [0.2, 0.25) is 18.9 Å². The summed E-state index contributed by atoms with van der Waals surface area (Å²) in [4.78, 5) is 22.7. The Morgan fingerprint density at radius 1 is 0.934 bits per heavy atom. The van der Waals surface area contributed by atoms with E-state index < -0.39 is 30.1 Å². The molecule has 1 saturated heterocycles. The highest BCUT2D eigenvalue weighted by atomic mass is 16.8. The van der Waals surface area contributed by atoms with E-state index in [0.717, 1.165) is 55.2 Å². The zero-order valence-electron chi connectivity index (χ0n) is 35.3. The van der Waals surface area contributed by atoms with Gasteiger partial charge in [-0.1, -0.05) is 54.9 Å². The molecule has 7 atom stereocenters. The highest BCUT2D eigenvalue weighted by molar-refractivity contribution is 6.03. The maximum atomic E-state index is 14.7. The predicted octanol–water partition coefficient (Wildman–Crippen LogP) is 8.36. The minimum atomic E-state index is -1.47. The number of benzene rings is 2. The normalized spacial score (nSPS) is 26.5. The van der Waals surface area contributed by atoms with Crippen molar-refractivity contribution < 1.29 is 53.0 Å². The second-order valence-electron chi connectivity index (χ2n) is 16.3. The highest BCUT2D eigenvalue weighted by Crippen LogP contribution is 2.62. The van der Waals surface area contributed by atoms with Gasteiger partial charge in [0.05, 0.1) is 31.5 Å². The third-order valence-corrected chi connectivity index (χ3v) is 12.4. The first-order chi connectivity index (χ1) is 29.9. The zero-order valence-corrected chi connectivity index (χ0v) is 35.3. The van der Waals surface area contributed by atoms with Crippen LogP contribution < -0.4 is 18.9 Å². The van der Waals surface area contributed by atoms with E-state index in [1.165, 1.54) is 0 Å². The lowest BCUT2D eigenvalue weighted by molar-refractivity contribution is -0.256. The van der Waals surface area contributed by atoms with Crippen molar-refractivity contribution in [1.82, 2.24) is 4.90 Å². The number of ether oxygens (including phenoxy) is 7. The molecule has 0 spiro atoms. The van der Waals surface area contributed by atoms with Crippen molar-refractivity contribution in [3.05, 3.63) is 97.1 Å². The van der Waals surface area contributed by atoms with Crippen LogP contribution in [0.4, 0.5) is 4.79 Å². The van der Waals surface area contributed by atoms with Crippen LogP contribution in [-0.4, -0.2) is 91.5 Å². The number of fused-ring (bicyclic) bond motifs is 3. The molecule has 3 aliphatic heterocycles. The Morgan fingerprint density at radius 3 is 2.51 bits per heavy atom. The van der Waals surface area contributed by atoms with Gasteiger partial charge in [-0.2, -0.15) is 0 Å². The number of aliphatic hydroxyl groups excluding tert-OH is 2. The van der Waals surface area contributed by atoms with Gasteiger partial charge in [0, 0.05) is 44.1 Å². The fourth-order valence-electron chi connectivity index (χ4n) is 9.66. The van der Waals surface area contributed by atoms with E-state index in [1.807, 2.05) is 30.3 Å². The van der Waals surface area contributed by atoms with Crippen LogP contribution in [0.3, 0.4) is 0 Å². The summed E-state index contributed by atoms with van der Waals surface area (Å²) in [5, 5.41) is 24.8. The topological polar surface area (TPSA) is 147 Å². The van der Waals surface area contributed by atoms with Gasteiger partial charge in [0.25, 0.3) is 0 Å². The Morgan fingerprint density at radius 2 is 1.74 bits per heavy atom. The summed E-state index contributed by atoms with van der Waals surface area (Å²) in [6, 6.07) is 10.7. The van der Waals surface area contributed by atoms with Crippen molar-refractivity contribution in [3.63, 3.8) is 0 Å². The van der Waals surface area contributed by atoms with Crippen molar-refractivity contribution in [2.45, 2.75) is 101 Å². The van der Waals surface area contributed by atoms with Gasteiger partial charge in [-0.25, -0.2) is 4.79 Å². The van der Waals surface area contributed by atoms with Crippen molar-refractivity contribution in [2.24, 2.45) is 22.9 Å². The molecule has 1 saturated carbocycles. The lowest BCUT2D eigenvalue weighted by atomic mass is 9.55. The van der Waals surface area contributed by atoms with Gasteiger partial charge in [0.1, 0.15) is 24.1 Å². The summed E-state index contributed by atoms with van der Waals surface area (Å²) in [5.74, 6) is 0.454. The standard InChI is InChI=1S/C48H62N2O11/c1-4-7-25-56-47(53)50(31-33-17-19-41-42(27-33)58-32-57-41)43-30-39(49-61-44-16-10-13-26-55-44)37-28-34(14-8-11-21-51)36(15-9-12-22-52)45-38-29-35(54-23-5-2)18-20-40(38)60-48(43,46(37)45)59-24-6-3/h4-6,17-20,27-29,34,36,43-46,51-52H,1-3,7-16,21-26,30-32H2/t34-,36+,43-,44?,45+,46+,48+/m0/s1. The second kappa shape index (κ2) is 21.3. The number of carbonyl (C=O) groups is 1. The van der Waals surface area contributed by atoms with E-state index in [4.69, 9.17) is 43.2 Å². The minimum absolute atomic E-state index is 0.0486. The Hall–Kier alpha value is -4.82. The Bertz CT molecular complexity index is 1890. The lowest BCUT2D eigenvalue weighted by Crippen LogP contribution is -2.70. The quantitative estimate of drug-likeness (QED) is 0.0670. The molecule has 7 rings (SSSR count). The molecular weight excluding hydrogens is 781 g/mol. The molecule has 2 aromatic carbocycles. The molecule has 13 nitrogen and oxygen atoms in total. The number of hydrogen-bond donors (Lipinski definition) is 2. The molecule has 2 aliphatic carbocycles. The number of allylic oxidation sites excluding steroid dienone is 1. The Kier molecular flexibility index (Phi) is 15.5. The largest absolute Gasteiger partial charge is 0.490 e. The molecule has 2 N–H and O–H groups in total. The van der Waals surface area contributed by atoms with Crippen molar-refractivity contribution in [1.29, 1.82) is 0 Å². The van der Waals surface area contributed by atoms with Crippen molar-refractivity contribution >= 4 is 11.8 Å². The fourth-order valence-corrected chi connectivity index (χ4v) is 9.66. The van der Waals surface area contributed by atoms with Crippen molar-refractivity contribution in [3.8, 4) is 23.0 Å². The van der Waals surface area contributed by atoms with Crippen LogP contribution in [0.5, 0.6) is 23.0 Å². The third kappa shape index (κ3) is 9.96. The third-order valence-electron chi connectivity index (χ3n) is 12.4. The smallest absolute Gasteiger partial charge is 0.410 e. The van der Waals surface area contributed by atoms with E-state index in [9.17, 15) is 15.0 Å². The number of unbranched alkanes of at least 4 members (excludes halogenated alkanes) is 2. The van der Waals surface area contributed by atoms with E-state index in [2.05, 4.69) is 31.9 Å². The monoisotopic (exact) mass is 842 g/mol. The molecule has 330 valence electrons. The minimum Gasteiger partial charge on any atom is -0.490 e. The van der Waals surface area contributed by atoms with Gasteiger partial charge < -0.3 is 48.2 Å². The summed E-state index contributed by atoms with van der Waals surface area (Å²) in [6.07, 6.45) is 14.3. The van der Waals surface area contributed by atoms with Crippen molar-refractivity contribution in [2.75, 3.05) is 46.4 Å². The van der Waals surface area contributed by atoms with Crippen LogP contribution in [0.15, 0.2) is 91.2 Å². The SMILES string of the molecule is C=CCCOC(=O)N(Cc1ccc2c(c1)OCO2)[C@H]1CC(=NOC2CCCCO2)C2=C[C@H](CCCCO)[C@@H](CCCCO)[C@@H]3c4cc(OCC=C)ccc4O[C@@]1(OCC=C)[C@H]23.